The first-order chi connectivity index (χ1) is 6.27. The summed E-state index contributed by atoms with van der Waals surface area (Å²) in [6.45, 7) is 1.00. The predicted molar refractivity (Wildman–Crippen MR) is 42.8 cm³/mol. The highest BCUT2D eigenvalue weighted by molar-refractivity contribution is 6.31. The van der Waals surface area contributed by atoms with Gasteiger partial charge >= 0.3 is 17.9 Å². The van der Waals surface area contributed by atoms with Crippen molar-refractivity contribution in [3.63, 3.8) is 0 Å². The van der Waals surface area contributed by atoms with Gasteiger partial charge in [0, 0.05) is 6.92 Å². The molecule has 0 aromatic heterocycles. The smallest absolute Gasteiger partial charge is 0.371 e. The van der Waals surface area contributed by atoms with Crippen LogP contribution in [0.3, 0.4) is 0 Å². The van der Waals surface area contributed by atoms with Gasteiger partial charge in [0.05, 0.1) is 12.8 Å². The molecule has 0 spiro atoms. The third-order valence-electron chi connectivity index (χ3n) is 0.854. The Bertz CT molecular complexity index is 216. The molecule has 7 heteroatoms. The van der Waals surface area contributed by atoms with Gasteiger partial charge in [-0.1, -0.05) is 0 Å². The molecule has 0 saturated carbocycles. The van der Waals surface area contributed by atoms with Crippen LogP contribution in [-0.2, 0) is 19.2 Å². The monoisotopic (exact) mass is 206 g/mol. The van der Waals surface area contributed by atoms with Gasteiger partial charge in [0.1, 0.15) is 0 Å². The number of carbonyl (C=O) groups excluding carboxylic acids is 1. The van der Waals surface area contributed by atoms with E-state index in [1.165, 1.54) is 0 Å². The maximum Gasteiger partial charge on any atom is 0.371 e. The predicted octanol–water partition coefficient (Wildman–Crippen LogP) is -0.404. The fourth-order valence-electron chi connectivity index (χ4n) is 0.214. The molecule has 7 nitrogen and oxygen atoms in total. The van der Waals surface area contributed by atoms with Gasteiger partial charge in [-0.15, -0.1) is 0 Å². The van der Waals surface area contributed by atoms with Crippen molar-refractivity contribution < 1.29 is 34.5 Å². The van der Waals surface area contributed by atoms with Crippen LogP contribution in [0.5, 0.6) is 0 Å². The average Bonchev–Trinajstić information content (AvgIpc) is 2.01. The van der Waals surface area contributed by atoms with E-state index in [1.54, 1.807) is 0 Å². The zero-order valence-electron chi connectivity index (χ0n) is 7.39. The summed E-state index contributed by atoms with van der Waals surface area (Å²) >= 11 is 0. The second-order valence-corrected chi connectivity index (χ2v) is 2.15. The molecular weight excluding hydrogens is 196 g/mol. The second-order valence-electron chi connectivity index (χ2n) is 2.15. The summed E-state index contributed by atoms with van der Waals surface area (Å²) in [6.07, 6.45) is -0.593. The number of aliphatic carboxylic acids is 3. The molecule has 0 aromatic carbocycles. The third-order valence-corrected chi connectivity index (χ3v) is 0.854. The maximum atomic E-state index is 9.64. The largest absolute Gasteiger partial charge is 0.481 e. The van der Waals surface area contributed by atoms with Gasteiger partial charge in [0.15, 0.2) is 0 Å². The van der Waals surface area contributed by atoms with Crippen molar-refractivity contribution in [3.8, 4) is 0 Å². The first kappa shape index (κ1) is 14.6. The molecule has 0 aliphatic heterocycles. The quantitative estimate of drug-likeness (QED) is 0.533. The Morgan fingerprint density at radius 1 is 0.857 bits per heavy atom. The lowest BCUT2D eigenvalue weighted by Crippen LogP contribution is -2.05. The fraction of sp³-hybridized carbons (Fsp3) is 0.429. The van der Waals surface area contributed by atoms with Gasteiger partial charge in [-0.25, -0.2) is 4.79 Å². The molecule has 0 rings (SSSR count). The lowest BCUT2D eigenvalue weighted by molar-refractivity contribution is -0.148. The summed E-state index contributed by atoms with van der Waals surface area (Å²) < 4.78 is 0. The van der Waals surface area contributed by atoms with Gasteiger partial charge in [-0.2, -0.15) is 0 Å². The van der Waals surface area contributed by atoms with Crippen molar-refractivity contribution >= 4 is 23.7 Å². The first-order valence-corrected chi connectivity index (χ1v) is 3.44. The molecule has 0 saturated heterocycles. The van der Waals surface area contributed by atoms with Crippen LogP contribution >= 0.6 is 0 Å². The molecule has 0 amide bonds. The highest BCUT2D eigenvalue weighted by Gasteiger charge is 2.00. The molecule has 0 bridgehead atoms. The molecule has 0 aromatic rings. The van der Waals surface area contributed by atoms with E-state index in [1.807, 2.05) is 0 Å². The number of carboxylic acid groups (broad SMARTS) is 3. The summed E-state index contributed by atoms with van der Waals surface area (Å²) in [5, 5.41) is 23.4. The third kappa shape index (κ3) is 16.6. The van der Waals surface area contributed by atoms with E-state index in [4.69, 9.17) is 15.3 Å². The summed E-state index contributed by atoms with van der Waals surface area (Å²) in [5.41, 5.74) is 0. The van der Waals surface area contributed by atoms with E-state index in [9.17, 15) is 19.2 Å². The number of Topliss-reactive ketones (excluding diaryl/α,β-unsaturated/α-hetero) is 1. The van der Waals surface area contributed by atoms with Crippen LogP contribution in [0.4, 0.5) is 0 Å². The Labute approximate surface area is 79.0 Å². The van der Waals surface area contributed by atoms with Crippen molar-refractivity contribution in [1.82, 2.24) is 0 Å². The van der Waals surface area contributed by atoms with E-state index in [0.29, 0.717) is 0 Å². The fourth-order valence-corrected chi connectivity index (χ4v) is 0.214. The Balaban J connectivity index is 0. The Morgan fingerprint density at radius 3 is 1.14 bits per heavy atom. The molecule has 0 aliphatic rings. The first-order valence-electron chi connectivity index (χ1n) is 3.44. The molecule has 0 fully saturated rings. The minimum Gasteiger partial charge on any atom is -0.481 e. The molecule has 0 radical (unpaired) electrons. The Kier molecular flexibility index (Phi) is 8.04. The molecule has 0 aliphatic carbocycles. The molecular formula is C7H10O7. The number of hydrogen-bond acceptors (Lipinski definition) is 4. The van der Waals surface area contributed by atoms with E-state index in [0.717, 1.165) is 6.92 Å². The molecule has 0 atom stereocenters. The number of carboxylic acids is 3. The zero-order chi connectivity index (χ0) is 11.7. The summed E-state index contributed by atoms with van der Waals surface area (Å²) in [4.78, 5) is 38.2. The van der Waals surface area contributed by atoms with Crippen LogP contribution < -0.4 is 0 Å². The average molecular weight is 206 g/mol. The number of hydrogen-bond donors (Lipinski definition) is 3. The highest BCUT2D eigenvalue weighted by atomic mass is 16.4. The summed E-state index contributed by atoms with van der Waals surface area (Å²) in [5.74, 6) is -4.36. The molecule has 0 heterocycles. The topological polar surface area (TPSA) is 129 Å². The molecule has 80 valence electrons. The summed E-state index contributed by atoms with van der Waals surface area (Å²) in [7, 11) is 0. The standard InChI is InChI=1S/C4H6O4.C3H4O3/c5-3(6)1-2-4(7)8;1-2(4)3(5)6/h1-2H2,(H,5,6)(H,7,8);1H3,(H,5,6). The lowest BCUT2D eigenvalue weighted by Gasteiger charge is -1.85. The van der Waals surface area contributed by atoms with Gasteiger partial charge < -0.3 is 15.3 Å². The van der Waals surface area contributed by atoms with Crippen molar-refractivity contribution in [2.24, 2.45) is 0 Å². The molecule has 14 heavy (non-hydrogen) atoms. The van der Waals surface area contributed by atoms with Crippen LogP contribution in [0.2, 0.25) is 0 Å². The molecule has 0 unspecified atom stereocenters. The van der Waals surface area contributed by atoms with E-state index in [2.05, 4.69) is 0 Å². The van der Waals surface area contributed by atoms with Gasteiger partial charge in [0.25, 0.3) is 0 Å². The van der Waals surface area contributed by atoms with Crippen molar-refractivity contribution in [1.29, 1.82) is 0 Å². The van der Waals surface area contributed by atoms with Crippen LogP contribution in [-0.4, -0.2) is 39.0 Å². The Morgan fingerprint density at radius 2 is 1.07 bits per heavy atom. The van der Waals surface area contributed by atoms with E-state index in [-0.39, 0.29) is 12.8 Å². The van der Waals surface area contributed by atoms with Gasteiger partial charge in [-0.3, -0.25) is 14.4 Å². The van der Waals surface area contributed by atoms with Gasteiger partial charge in [0.2, 0.25) is 5.78 Å². The van der Waals surface area contributed by atoms with Gasteiger partial charge in [-0.05, 0) is 0 Å². The van der Waals surface area contributed by atoms with E-state index >= 15 is 0 Å². The normalized spacial score (nSPS) is 8.07. The Hall–Kier alpha value is -1.92. The van der Waals surface area contributed by atoms with Crippen molar-refractivity contribution in [3.05, 3.63) is 0 Å². The van der Waals surface area contributed by atoms with Crippen LogP contribution in [0.15, 0.2) is 0 Å². The second kappa shape index (κ2) is 7.71. The van der Waals surface area contributed by atoms with Crippen molar-refractivity contribution in [2.75, 3.05) is 0 Å². The summed E-state index contributed by atoms with van der Waals surface area (Å²) in [6, 6.07) is 0. The van der Waals surface area contributed by atoms with Crippen LogP contribution in [0.25, 0.3) is 0 Å². The number of carbonyl (C=O) groups is 4. The van der Waals surface area contributed by atoms with Crippen LogP contribution in [0.1, 0.15) is 19.8 Å². The zero-order valence-corrected chi connectivity index (χ0v) is 7.39. The number of rotatable bonds is 4. The van der Waals surface area contributed by atoms with Crippen molar-refractivity contribution in [2.45, 2.75) is 19.8 Å². The molecule has 3 N–H and O–H groups in total. The van der Waals surface area contributed by atoms with Crippen LogP contribution in [0, 0.1) is 0 Å². The highest BCUT2D eigenvalue weighted by Crippen LogP contribution is 1.86. The SMILES string of the molecule is CC(=O)C(=O)O.O=C(O)CCC(=O)O. The maximum absolute atomic E-state index is 9.64. The lowest BCUT2D eigenvalue weighted by atomic mass is 10.3. The minimum absolute atomic E-state index is 0.296. The minimum atomic E-state index is -1.38. The van der Waals surface area contributed by atoms with E-state index < -0.39 is 23.7 Å². The number of ketones is 1.